The monoisotopic (exact) mass is 333 g/mol. The van der Waals surface area contributed by atoms with E-state index < -0.39 is 11.5 Å². The minimum Gasteiger partial charge on any atom is -0.465 e. The van der Waals surface area contributed by atoms with E-state index in [0.717, 1.165) is 16.0 Å². The molecule has 0 aliphatic rings. The fourth-order valence-electron chi connectivity index (χ4n) is 2.25. The molecule has 0 spiro atoms. The largest absolute Gasteiger partial charge is 0.465 e. The Balaban J connectivity index is 1.96. The fourth-order valence-corrected chi connectivity index (χ4v) is 2.53. The summed E-state index contributed by atoms with van der Waals surface area (Å²) in [6, 6.07) is 11.4. The number of carboxylic acid groups (broad SMARTS) is 1. The summed E-state index contributed by atoms with van der Waals surface area (Å²) >= 11 is 6.44. The quantitative estimate of drug-likeness (QED) is 0.708. The minimum atomic E-state index is -1.11. The van der Waals surface area contributed by atoms with Gasteiger partial charge in [-0.15, -0.1) is 11.6 Å². The van der Waals surface area contributed by atoms with Gasteiger partial charge in [-0.25, -0.2) is 14.2 Å². The van der Waals surface area contributed by atoms with Crippen LogP contribution in [0.4, 0.5) is 15.1 Å². The Morgan fingerprint density at radius 2 is 1.91 bits per heavy atom. The fraction of sp³-hybridized carbons (Fsp3) is 0.125. The molecule has 23 heavy (non-hydrogen) atoms. The molecule has 2 N–H and O–H groups in total. The number of fused-ring (bicyclic) bond motifs is 1. The van der Waals surface area contributed by atoms with Crippen LogP contribution in [0.2, 0.25) is 0 Å². The number of hydrogen-bond donors (Lipinski definition) is 2. The second-order valence-electron chi connectivity index (χ2n) is 5.09. The lowest BCUT2D eigenvalue weighted by Crippen LogP contribution is -2.24. The molecule has 1 aromatic heterocycles. The van der Waals surface area contributed by atoms with E-state index in [0.29, 0.717) is 11.0 Å². The first-order chi connectivity index (χ1) is 11.0. The molecule has 7 heteroatoms. The van der Waals surface area contributed by atoms with Crippen LogP contribution in [0.25, 0.3) is 11.0 Å². The Bertz CT molecular complexity index is 863. The maximum atomic E-state index is 13.0. The van der Waals surface area contributed by atoms with Crippen molar-refractivity contribution in [3.05, 3.63) is 59.4 Å². The van der Waals surface area contributed by atoms with Crippen LogP contribution >= 0.6 is 11.6 Å². The first kappa shape index (κ1) is 15.3. The summed E-state index contributed by atoms with van der Waals surface area (Å²) in [7, 11) is 1.41. The third kappa shape index (κ3) is 2.98. The smallest absolute Gasteiger partial charge is 0.413 e. The van der Waals surface area contributed by atoms with Crippen molar-refractivity contribution in [2.75, 3.05) is 11.9 Å². The average molecular weight is 334 g/mol. The highest BCUT2D eigenvalue weighted by Crippen LogP contribution is 2.31. The molecule has 0 aliphatic carbocycles. The Morgan fingerprint density at radius 1 is 1.26 bits per heavy atom. The van der Waals surface area contributed by atoms with Gasteiger partial charge < -0.3 is 10.1 Å². The molecule has 1 atom stereocenters. The number of benzene rings is 2. The highest BCUT2D eigenvalue weighted by atomic mass is 35.5. The molecule has 0 radical (unpaired) electrons. The molecule has 0 saturated carbocycles. The highest BCUT2D eigenvalue weighted by molar-refractivity contribution is 6.22. The normalized spacial score (nSPS) is 12.3. The first-order valence-corrected chi connectivity index (χ1v) is 7.25. The Labute approximate surface area is 136 Å². The van der Waals surface area contributed by atoms with E-state index in [-0.39, 0.29) is 11.8 Å². The molecule has 1 amide bonds. The van der Waals surface area contributed by atoms with Crippen molar-refractivity contribution in [1.29, 1.82) is 0 Å². The number of carbonyl (C=O) groups is 1. The van der Waals surface area contributed by atoms with Crippen LogP contribution in [-0.2, 0) is 0 Å². The molecule has 5 nitrogen and oxygen atoms in total. The van der Waals surface area contributed by atoms with Gasteiger partial charge in [-0.3, -0.25) is 4.90 Å². The van der Waals surface area contributed by atoms with E-state index in [4.69, 9.17) is 16.7 Å². The van der Waals surface area contributed by atoms with E-state index in [1.54, 1.807) is 18.2 Å². The topological polar surface area (TPSA) is 69.2 Å². The molecule has 2 aromatic carbocycles. The Morgan fingerprint density at radius 3 is 2.57 bits per heavy atom. The molecule has 1 unspecified atom stereocenters. The molecule has 118 valence electrons. The maximum absolute atomic E-state index is 13.0. The van der Waals surface area contributed by atoms with E-state index in [1.807, 2.05) is 12.1 Å². The SMILES string of the molecule is CN(C(=O)O)c1nc2ccc(C(Cl)c3ccc(F)cc3)cc2[nH]1. The number of aromatic nitrogens is 2. The number of nitrogens with one attached hydrogen (secondary N) is 1. The van der Waals surface area contributed by atoms with Crippen LogP contribution in [-0.4, -0.2) is 28.2 Å². The number of hydrogen-bond acceptors (Lipinski definition) is 2. The summed E-state index contributed by atoms with van der Waals surface area (Å²) in [5, 5.41) is 8.55. The molecule has 1 heterocycles. The van der Waals surface area contributed by atoms with Crippen molar-refractivity contribution >= 4 is 34.7 Å². The Kier molecular flexibility index (Phi) is 3.92. The second kappa shape index (κ2) is 5.89. The summed E-state index contributed by atoms with van der Waals surface area (Å²) < 4.78 is 13.0. The van der Waals surface area contributed by atoms with Crippen molar-refractivity contribution in [2.45, 2.75) is 5.38 Å². The summed E-state index contributed by atoms with van der Waals surface area (Å²) in [4.78, 5) is 19.1. The van der Waals surface area contributed by atoms with Crippen molar-refractivity contribution in [3.63, 3.8) is 0 Å². The number of rotatable bonds is 3. The van der Waals surface area contributed by atoms with Gasteiger partial charge in [-0.2, -0.15) is 0 Å². The number of amides is 1. The van der Waals surface area contributed by atoms with Crippen LogP contribution in [0.3, 0.4) is 0 Å². The molecule has 0 fully saturated rings. The molecule has 0 bridgehead atoms. The summed E-state index contributed by atoms with van der Waals surface area (Å²) in [5.41, 5.74) is 2.90. The van der Waals surface area contributed by atoms with Gasteiger partial charge >= 0.3 is 6.09 Å². The van der Waals surface area contributed by atoms with Crippen molar-refractivity contribution in [2.24, 2.45) is 0 Å². The number of anilines is 1. The van der Waals surface area contributed by atoms with Gasteiger partial charge in [-0.05, 0) is 35.4 Å². The van der Waals surface area contributed by atoms with Crippen molar-refractivity contribution in [1.82, 2.24) is 9.97 Å². The summed E-state index contributed by atoms with van der Waals surface area (Å²) in [5.74, 6) is -0.0828. The third-order valence-corrected chi connectivity index (χ3v) is 4.06. The van der Waals surface area contributed by atoms with Gasteiger partial charge in [0.15, 0.2) is 0 Å². The summed E-state index contributed by atoms with van der Waals surface area (Å²) in [6.07, 6.45) is -1.11. The number of alkyl halides is 1. The third-order valence-electron chi connectivity index (χ3n) is 3.55. The summed E-state index contributed by atoms with van der Waals surface area (Å²) in [6.45, 7) is 0. The van der Waals surface area contributed by atoms with Crippen LogP contribution in [0.15, 0.2) is 42.5 Å². The molecule has 3 rings (SSSR count). The zero-order valence-corrected chi connectivity index (χ0v) is 12.9. The maximum Gasteiger partial charge on any atom is 0.413 e. The van der Waals surface area contributed by atoms with Crippen LogP contribution < -0.4 is 4.90 Å². The predicted octanol–water partition coefficient (Wildman–Crippen LogP) is 4.14. The highest BCUT2D eigenvalue weighted by Gasteiger charge is 2.16. The number of aromatic amines is 1. The zero-order chi connectivity index (χ0) is 16.6. The van der Waals surface area contributed by atoms with Crippen LogP contribution in [0.1, 0.15) is 16.5 Å². The average Bonchev–Trinajstić information content (AvgIpc) is 2.97. The molecule has 0 aliphatic heterocycles. The van der Waals surface area contributed by atoms with Gasteiger partial charge in [0.2, 0.25) is 5.95 Å². The van der Waals surface area contributed by atoms with Crippen LogP contribution in [0, 0.1) is 5.82 Å². The minimum absolute atomic E-state index is 0.234. The standard InChI is InChI=1S/C16H13ClFN3O2/c1-21(16(22)23)15-19-12-7-4-10(8-13(12)20-15)14(17)9-2-5-11(18)6-3-9/h2-8,14H,1H3,(H,19,20)(H,22,23). The second-order valence-corrected chi connectivity index (χ2v) is 5.53. The predicted molar refractivity (Wildman–Crippen MR) is 86.6 cm³/mol. The number of imidazole rings is 1. The van der Waals surface area contributed by atoms with Crippen LogP contribution in [0.5, 0.6) is 0 Å². The van der Waals surface area contributed by atoms with E-state index in [2.05, 4.69) is 9.97 Å². The zero-order valence-electron chi connectivity index (χ0n) is 12.1. The molecular weight excluding hydrogens is 321 g/mol. The van der Waals surface area contributed by atoms with Crippen molar-refractivity contribution in [3.8, 4) is 0 Å². The Hall–Kier alpha value is -2.60. The van der Waals surface area contributed by atoms with Gasteiger partial charge in [0.05, 0.1) is 16.4 Å². The lowest BCUT2D eigenvalue weighted by molar-refractivity contribution is 0.203. The number of nitrogens with zero attached hydrogens (tertiary/aromatic N) is 2. The van der Waals surface area contributed by atoms with Crippen molar-refractivity contribution < 1.29 is 14.3 Å². The number of H-pyrrole nitrogens is 1. The molecule has 3 aromatic rings. The molecular formula is C16H13ClFN3O2. The van der Waals surface area contributed by atoms with E-state index in [1.165, 1.54) is 19.2 Å². The lowest BCUT2D eigenvalue weighted by atomic mass is 10.0. The molecule has 0 saturated heterocycles. The van der Waals surface area contributed by atoms with Gasteiger partial charge in [0.25, 0.3) is 0 Å². The van der Waals surface area contributed by atoms with E-state index in [9.17, 15) is 9.18 Å². The number of halogens is 2. The first-order valence-electron chi connectivity index (χ1n) is 6.81. The lowest BCUT2D eigenvalue weighted by Gasteiger charge is -2.10. The van der Waals surface area contributed by atoms with E-state index >= 15 is 0 Å². The van der Waals surface area contributed by atoms with Gasteiger partial charge in [0.1, 0.15) is 5.82 Å². The van der Waals surface area contributed by atoms with Gasteiger partial charge in [0, 0.05) is 7.05 Å². The van der Waals surface area contributed by atoms with Gasteiger partial charge in [-0.1, -0.05) is 18.2 Å².